The molecule has 1 aromatic carbocycles. The van der Waals surface area contributed by atoms with Crippen molar-refractivity contribution in [2.24, 2.45) is 5.92 Å². The fraction of sp³-hybridized carbons (Fsp3) is 0.600. The molecule has 154 valence electrons. The summed E-state index contributed by atoms with van der Waals surface area (Å²) in [6.45, 7) is 3.25. The van der Waals surface area contributed by atoms with Crippen LogP contribution in [0.4, 0.5) is 13.2 Å². The van der Waals surface area contributed by atoms with Crippen LogP contribution in [0, 0.1) is 5.92 Å². The molecule has 2 aliphatic rings. The first-order valence-corrected chi connectivity index (χ1v) is 9.56. The van der Waals surface area contributed by atoms with Gasteiger partial charge in [0.25, 0.3) is 0 Å². The summed E-state index contributed by atoms with van der Waals surface area (Å²) in [5.41, 5.74) is 0.503. The summed E-state index contributed by atoms with van der Waals surface area (Å²) in [5, 5.41) is 2.81. The molecule has 0 aromatic heterocycles. The number of amides is 2. The van der Waals surface area contributed by atoms with E-state index in [1.165, 1.54) is 12.1 Å². The van der Waals surface area contributed by atoms with Crippen LogP contribution in [0.25, 0.3) is 0 Å². The van der Waals surface area contributed by atoms with Gasteiger partial charge in [0, 0.05) is 31.5 Å². The van der Waals surface area contributed by atoms with E-state index in [1.54, 1.807) is 12.1 Å². The summed E-state index contributed by atoms with van der Waals surface area (Å²) in [6.07, 6.45) is -0.786. The number of nitrogens with zero attached hydrogens (tertiary/aromatic N) is 1. The predicted molar refractivity (Wildman–Crippen MR) is 96.5 cm³/mol. The van der Waals surface area contributed by atoms with Crippen molar-refractivity contribution in [1.29, 1.82) is 0 Å². The summed E-state index contributed by atoms with van der Waals surface area (Å²) in [5.74, 6) is 0.0276. The molecule has 1 N–H and O–H groups in total. The second kappa shape index (κ2) is 8.01. The molecule has 3 rings (SSSR count). The zero-order chi connectivity index (χ0) is 20.4. The zero-order valence-electron chi connectivity index (χ0n) is 15.8. The molecule has 0 radical (unpaired) electrons. The highest BCUT2D eigenvalue weighted by atomic mass is 19.4. The number of alkyl halides is 3. The smallest absolute Gasteiger partial charge is 0.406 e. The van der Waals surface area contributed by atoms with E-state index >= 15 is 0 Å². The number of piperidine rings is 1. The van der Waals surface area contributed by atoms with Gasteiger partial charge in [0.2, 0.25) is 11.8 Å². The number of nitrogens with one attached hydrogen (secondary N) is 1. The predicted octanol–water partition coefficient (Wildman–Crippen LogP) is 3.43. The SMILES string of the molecule is CC1(Cc2ccc(OC(F)(F)F)cc2)CCCN1C(=O)CC1CCC(=O)NC1. The quantitative estimate of drug-likeness (QED) is 0.827. The first kappa shape index (κ1) is 20.5. The van der Waals surface area contributed by atoms with E-state index in [1.807, 2.05) is 11.8 Å². The number of rotatable bonds is 5. The van der Waals surface area contributed by atoms with Crippen LogP contribution in [0.5, 0.6) is 5.75 Å². The third kappa shape index (κ3) is 5.17. The standard InChI is InChI=1S/C20H25F3N2O3/c1-19(12-14-3-6-16(7-4-14)28-20(21,22)23)9-2-10-25(19)18(27)11-15-5-8-17(26)24-13-15/h3-4,6-7,15H,2,5,8-13H2,1H3,(H,24,26). The Morgan fingerprint density at radius 3 is 2.64 bits per heavy atom. The molecule has 0 aliphatic carbocycles. The van der Waals surface area contributed by atoms with Crippen molar-refractivity contribution in [2.45, 2.75) is 57.3 Å². The average Bonchev–Trinajstić information content (AvgIpc) is 2.99. The van der Waals surface area contributed by atoms with Gasteiger partial charge in [0.1, 0.15) is 5.75 Å². The zero-order valence-corrected chi connectivity index (χ0v) is 15.8. The minimum atomic E-state index is -4.71. The van der Waals surface area contributed by atoms with Crippen LogP contribution in [-0.4, -0.2) is 41.7 Å². The lowest BCUT2D eigenvalue weighted by molar-refractivity contribution is -0.274. The highest BCUT2D eigenvalue weighted by Crippen LogP contribution is 2.34. The second-order valence-corrected chi connectivity index (χ2v) is 7.93. The van der Waals surface area contributed by atoms with Crippen LogP contribution < -0.4 is 10.1 Å². The lowest BCUT2D eigenvalue weighted by Gasteiger charge is -2.37. The number of carbonyl (C=O) groups excluding carboxylic acids is 2. The van der Waals surface area contributed by atoms with Crippen molar-refractivity contribution in [3.63, 3.8) is 0 Å². The molecule has 0 bridgehead atoms. The minimum Gasteiger partial charge on any atom is -0.406 e. The molecule has 2 atom stereocenters. The van der Waals surface area contributed by atoms with Gasteiger partial charge in [0.05, 0.1) is 0 Å². The van der Waals surface area contributed by atoms with Gasteiger partial charge in [-0.2, -0.15) is 0 Å². The van der Waals surface area contributed by atoms with Gasteiger partial charge in [-0.1, -0.05) is 12.1 Å². The molecule has 2 saturated heterocycles. The molecule has 2 heterocycles. The second-order valence-electron chi connectivity index (χ2n) is 7.93. The maximum atomic E-state index is 12.9. The number of carbonyl (C=O) groups is 2. The van der Waals surface area contributed by atoms with Crippen molar-refractivity contribution in [2.75, 3.05) is 13.1 Å². The van der Waals surface area contributed by atoms with E-state index in [2.05, 4.69) is 10.1 Å². The number of benzene rings is 1. The molecule has 0 saturated carbocycles. The van der Waals surface area contributed by atoms with Gasteiger partial charge >= 0.3 is 6.36 Å². The molecule has 2 amide bonds. The molecule has 5 nitrogen and oxygen atoms in total. The van der Waals surface area contributed by atoms with Gasteiger partial charge in [-0.3, -0.25) is 9.59 Å². The Bertz CT molecular complexity index is 710. The lowest BCUT2D eigenvalue weighted by atomic mass is 9.89. The van der Waals surface area contributed by atoms with Gasteiger partial charge in [0.15, 0.2) is 0 Å². The molecule has 1 aromatic rings. The van der Waals surface area contributed by atoms with E-state index in [0.717, 1.165) is 24.8 Å². The van der Waals surface area contributed by atoms with Crippen molar-refractivity contribution < 1.29 is 27.5 Å². The fourth-order valence-corrected chi connectivity index (χ4v) is 4.20. The first-order chi connectivity index (χ1) is 13.1. The third-order valence-corrected chi connectivity index (χ3v) is 5.62. The van der Waals surface area contributed by atoms with Crippen LogP contribution in [0.15, 0.2) is 24.3 Å². The molecule has 2 fully saturated rings. The average molecular weight is 398 g/mol. The molecule has 2 aliphatic heterocycles. The monoisotopic (exact) mass is 398 g/mol. The highest BCUT2D eigenvalue weighted by Gasteiger charge is 2.40. The molecule has 28 heavy (non-hydrogen) atoms. The Labute approximate surface area is 162 Å². The summed E-state index contributed by atoms with van der Waals surface area (Å²) in [4.78, 5) is 26.1. The Morgan fingerprint density at radius 2 is 2.04 bits per heavy atom. The Balaban J connectivity index is 1.61. The van der Waals surface area contributed by atoms with Crippen LogP contribution in [0.3, 0.4) is 0 Å². The van der Waals surface area contributed by atoms with E-state index in [9.17, 15) is 22.8 Å². The maximum Gasteiger partial charge on any atom is 0.573 e. The van der Waals surface area contributed by atoms with E-state index in [0.29, 0.717) is 32.4 Å². The summed E-state index contributed by atoms with van der Waals surface area (Å²) < 4.78 is 40.8. The van der Waals surface area contributed by atoms with E-state index in [4.69, 9.17) is 0 Å². The van der Waals surface area contributed by atoms with Crippen LogP contribution in [0.1, 0.15) is 44.6 Å². The molecule has 0 spiro atoms. The number of halogens is 3. The number of hydrogen-bond donors (Lipinski definition) is 1. The highest BCUT2D eigenvalue weighted by molar-refractivity contribution is 5.79. The van der Waals surface area contributed by atoms with Crippen molar-refractivity contribution >= 4 is 11.8 Å². The van der Waals surface area contributed by atoms with E-state index < -0.39 is 6.36 Å². The lowest BCUT2D eigenvalue weighted by Crippen LogP contribution is -2.48. The number of ether oxygens (including phenoxy) is 1. The molecular weight excluding hydrogens is 373 g/mol. The summed E-state index contributed by atoms with van der Waals surface area (Å²) >= 11 is 0. The molecule has 2 unspecified atom stereocenters. The Morgan fingerprint density at radius 1 is 1.32 bits per heavy atom. The van der Waals surface area contributed by atoms with Gasteiger partial charge in [-0.15, -0.1) is 13.2 Å². The maximum absolute atomic E-state index is 12.9. The largest absolute Gasteiger partial charge is 0.573 e. The summed E-state index contributed by atoms with van der Waals surface area (Å²) in [6, 6.07) is 5.84. The fourth-order valence-electron chi connectivity index (χ4n) is 4.20. The van der Waals surface area contributed by atoms with Crippen LogP contribution in [0.2, 0.25) is 0 Å². The topological polar surface area (TPSA) is 58.6 Å². The van der Waals surface area contributed by atoms with Crippen LogP contribution in [-0.2, 0) is 16.0 Å². The molecular formula is C20H25F3N2O3. The van der Waals surface area contributed by atoms with Gasteiger partial charge in [-0.05, 0) is 56.2 Å². The van der Waals surface area contributed by atoms with Gasteiger partial charge < -0.3 is 15.0 Å². The van der Waals surface area contributed by atoms with Crippen LogP contribution >= 0.6 is 0 Å². The minimum absolute atomic E-state index is 0.0349. The van der Waals surface area contributed by atoms with E-state index in [-0.39, 0.29) is 29.0 Å². The summed E-state index contributed by atoms with van der Waals surface area (Å²) in [7, 11) is 0. The number of hydrogen-bond acceptors (Lipinski definition) is 3. The normalized spacial score (nSPS) is 25.5. The van der Waals surface area contributed by atoms with Crippen molar-refractivity contribution in [1.82, 2.24) is 10.2 Å². The van der Waals surface area contributed by atoms with Crippen molar-refractivity contribution in [3.8, 4) is 5.75 Å². The Kier molecular flexibility index (Phi) is 5.86. The molecule has 8 heteroatoms. The van der Waals surface area contributed by atoms with Crippen molar-refractivity contribution in [3.05, 3.63) is 29.8 Å². The Hall–Kier alpha value is -2.25. The number of likely N-dealkylation sites (tertiary alicyclic amines) is 1. The third-order valence-electron chi connectivity index (χ3n) is 5.62. The first-order valence-electron chi connectivity index (χ1n) is 9.56. The van der Waals surface area contributed by atoms with Gasteiger partial charge in [-0.25, -0.2) is 0 Å².